The first-order valence-electron chi connectivity index (χ1n) is 6.52. The first-order valence-corrected chi connectivity index (χ1v) is 8.41. The van der Waals surface area contributed by atoms with Gasteiger partial charge in [-0.05, 0) is 12.1 Å². The summed E-state index contributed by atoms with van der Waals surface area (Å²) in [4.78, 5) is 12.3. The number of rotatable bonds is 9. The third-order valence-electron chi connectivity index (χ3n) is 3.04. The second kappa shape index (κ2) is 8.06. The van der Waals surface area contributed by atoms with Crippen molar-refractivity contribution in [1.29, 1.82) is 0 Å². The van der Waals surface area contributed by atoms with E-state index in [2.05, 4.69) is 0 Å². The maximum absolute atomic E-state index is 11.6. The van der Waals surface area contributed by atoms with Crippen molar-refractivity contribution < 1.29 is 22.8 Å². The highest BCUT2D eigenvalue weighted by molar-refractivity contribution is 7.90. The summed E-state index contributed by atoms with van der Waals surface area (Å²) < 4.78 is 33.1. The van der Waals surface area contributed by atoms with E-state index in [0.717, 1.165) is 12.3 Å². The molecule has 8 nitrogen and oxygen atoms in total. The lowest BCUT2D eigenvalue weighted by Gasteiger charge is -2.24. The maximum atomic E-state index is 11.6. The smallest absolute Gasteiger partial charge is 0.293 e. The summed E-state index contributed by atoms with van der Waals surface area (Å²) in [6.07, 6.45) is 1.01. The lowest BCUT2D eigenvalue weighted by Crippen LogP contribution is -2.31. The Morgan fingerprint density at radius 3 is 2.14 bits per heavy atom. The van der Waals surface area contributed by atoms with E-state index < -0.39 is 14.8 Å². The van der Waals surface area contributed by atoms with Gasteiger partial charge in [-0.2, -0.15) is 0 Å². The summed E-state index contributed by atoms with van der Waals surface area (Å²) in [5.41, 5.74) is 0.0848. The van der Waals surface area contributed by atoms with Crippen LogP contribution in [0.1, 0.15) is 0 Å². The Kier molecular flexibility index (Phi) is 6.72. The average Bonchev–Trinajstić information content (AvgIpc) is 2.46. The summed E-state index contributed by atoms with van der Waals surface area (Å²) in [7, 11) is -0.433. The normalized spacial score (nSPS) is 11.4. The molecular weight excluding hydrogens is 312 g/mol. The first kappa shape index (κ1) is 18.3. The Hall–Kier alpha value is -1.71. The van der Waals surface area contributed by atoms with Crippen LogP contribution in [-0.4, -0.2) is 60.1 Å². The summed E-state index contributed by atoms with van der Waals surface area (Å²) in [5.74, 6) is 0. The minimum Gasteiger partial charge on any atom is -0.383 e. The Labute approximate surface area is 129 Å². The molecule has 0 saturated carbocycles. The first-order chi connectivity index (χ1) is 10.3. The molecule has 22 heavy (non-hydrogen) atoms. The van der Waals surface area contributed by atoms with Crippen molar-refractivity contribution in [3.63, 3.8) is 0 Å². The van der Waals surface area contributed by atoms with Crippen LogP contribution in [0.3, 0.4) is 0 Å². The van der Waals surface area contributed by atoms with Gasteiger partial charge in [-0.15, -0.1) is 0 Å². The number of benzene rings is 1. The molecule has 0 aliphatic carbocycles. The lowest BCUT2D eigenvalue weighted by atomic mass is 10.2. The van der Waals surface area contributed by atoms with E-state index in [4.69, 9.17) is 9.47 Å². The number of methoxy groups -OCH3 is 2. The number of sulfone groups is 1. The van der Waals surface area contributed by atoms with E-state index in [9.17, 15) is 18.5 Å². The van der Waals surface area contributed by atoms with Crippen LogP contribution in [-0.2, 0) is 19.3 Å². The van der Waals surface area contributed by atoms with Crippen LogP contribution < -0.4 is 4.90 Å². The fraction of sp³-hybridized carbons (Fsp3) is 0.538. The monoisotopic (exact) mass is 332 g/mol. The van der Waals surface area contributed by atoms with Crippen molar-refractivity contribution in [2.75, 3.05) is 51.7 Å². The van der Waals surface area contributed by atoms with Gasteiger partial charge in [-0.1, -0.05) is 0 Å². The number of anilines is 1. The fourth-order valence-electron chi connectivity index (χ4n) is 1.90. The van der Waals surface area contributed by atoms with Crippen LogP contribution >= 0.6 is 0 Å². The zero-order chi connectivity index (χ0) is 16.8. The van der Waals surface area contributed by atoms with Crippen LogP contribution in [0.25, 0.3) is 0 Å². The standard InChI is InChI=1S/C13H20N2O6S/c1-20-8-6-14(7-9-21-2)12-5-4-11(22(3,18)19)10-13(12)15(16)17/h4-5,10H,6-9H2,1-3H3. The highest BCUT2D eigenvalue weighted by atomic mass is 32.2. The minimum atomic E-state index is -3.51. The van der Waals surface area contributed by atoms with Crippen LogP contribution in [0, 0.1) is 10.1 Å². The molecule has 0 fully saturated rings. The van der Waals surface area contributed by atoms with Gasteiger partial charge in [0.25, 0.3) is 5.69 Å². The molecule has 0 radical (unpaired) electrons. The van der Waals surface area contributed by atoms with Crippen LogP contribution in [0.2, 0.25) is 0 Å². The van der Waals surface area contributed by atoms with Crippen molar-refractivity contribution in [3.05, 3.63) is 28.3 Å². The van der Waals surface area contributed by atoms with Gasteiger partial charge in [0.2, 0.25) is 0 Å². The maximum Gasteiger partial charge on any atom is 0.293 e. The Morgan fingerprint density at radius 2 is 1.73 bits per heavy atom. The predicted molar refractivity (Wildman–Crippen MR) is 82.2 cm³/mol. The Morgan fingerprint density at radius 1 is 1.18 bits per heavy atom. The minimum absolute atomic E-state index is 0.0821. The number of hydrogen-bond donors (Lipinski definition) is 0. The molecule has 1 rings (SSSR count). The molecule has 0 aliphatic heterocycles. The molecular formula is C13H20N2O6S. The molecule has 0 atom stereocenters. The van der Waals surface area contributed by atoms with E-state index in [0.29, 0.717) is 32.0 Å². The molecule has 0 bridgehead atoms. The highest BCUT2D eigenvalue weighted by Gasteiger charge is 2.22. The van der Waals surface area contributed by atoms with Gasteiger partial charge in [-0.25, -0.2) is 8.42 Å². The SMILES string of the molecule is COCCN(CCOC)c1ccc(S(C)(=O)=O)cc1[N+](=O)[O-]. The van der Waals surface area contributed by atoms with Crippen LogP contribution in [0.4, 0.5) is 11.4 Å². The van der Waals surface area contributed by atoms with Crippen LogP contribution in [0.15, 0.2) is 23.1 Å². The van der Waals surface area contributed by atoms with Gasteiger partial charge in [0, 0.05) is 39.6 Å². The third-order valence-corrected chi connectivity index (χ3v) is 4.15. The van der Waals surface area contributed by atoms with E-state index in [1.165, 1.54) is 26.4 Å². The van der Waals surface area contributed by atoms with E-state index in [1.807, 2.05) is 0 Å². The predicted octanol–water partition coefficient (Wildman–Crippen LogP) is 1.10. The molecule has 0 amide bonds. The van der Waals surface area contributed by atoms with E-state index >= 15 is 0 Å². The molecule has 9 heteroatoms. The summed E-state index contributed by atoms with van der Waals surface area (Å²) >= 11 is 0. The van der Waals surface area contributed by atoms with Crippen molar-refractivity contribution in [2.45, 2.75) is 4.90 Å². The molecule has 0 N–H and O–H groups in total. The summed E-state index contributed by atoms with van der Waals surface area (Å²) in [5, 5.41) is 11.3. The van der Waals surface area contributed by atoms with Gasteiger partial charge in [0.15, 0.2) is 9.84 Å². The molecule has 0 unspecified atom stereocenters. The molecule has 0 heterocycles. The second-order valence-electron chi connectivity index (χ2n) is 4.65. The summed E-state index contributed by atoms with van der Waals surface area (Å²) in [6, 6.07) is 3.89. The second-order valence-corrected chi connectivity index (χ2v) is 6.67. The van der Waals surface area contributed by atoms with Gasteiger partial charge >= 0.3 is 0 Å². The number of hydrogen-bond acceptors (Lipinski definition) is 7. The third kappa shape index (κ3) is 4.93. The lowest BCUT2D eigenvalue weighted by molar-refractivity contribution is -0.384. The van der Waals surface area contributed by atoms with Crippen molar-refractivity contribution in [1.82, 2.24) is 0 Å². The zero-order valence-corrected chi connectivity index (χ0v) is 13.6. The van der Waals surface area contributed by atoms with E-state index in [-0.39, 0.29) is 10.6 Å². The highest BCUT2D eigenvalue weighted by Crippen LogP contribution is 2.30. The quantitative estimate of drug-likeness (QED) is 0.493. The molecule has 1 aromatic rings. The Bertz CT molecular complexity index is 609. The number of nitro groups is 1. The number of ether oxygens (including phenoxy) is 2. The molecule has 0 saturated heterocycles. The van der Waals surface area contributed by atoms with Crippen molar-refractivity contribution in [3.8, 4) is 0 Å². The molecule has 0 spiro atoms. The number of nitro benzene ring substituents is 1. The Balaban J connectivity index is 3.26. The van der Waals surface area contributed by atoms with Gasteiger partial charge in [0.05, 0.1) is 23.0 Å². The molecule has 0 aliphatic rings. The van der Waals surface area contributed by atoms with Gasteiger partial charge in [-0.3, -0.25) is 10.1 Å². The largest absolute Gasteiger partial charge is 0.383 e. The van der Waals surface area contributed by atoms with Gasteiger partial charge in [0.1, 0.15) is 5.69 Å². The number of nitrogens with zero attached hydrogens (tertiary/aromatic N) is 2. The van der Waals surface area contributed by atoms with Gasteiger partial charge < -0.3 is 14.4 Å². The fourth-order valence-corrected chi connectivity index (χ4v) is 2.54. The zero-order valence-electron chi connectivity index (χ0n) is 12.8. The molecule has 0 aromatic heterocycles. The average molecular weight is 332 g/mol. The van der Waals surface area contributed by atoms with Crippen molar-refractivity contribution >= 4 is 21.2 Å². The summed E-state index contributed by atoms with van der Waals surface area (Å²) in [6.45, 7) is 1.63. The topological polar surface area (TPSA) is 99.0 Å². The van der Waals surface area contributed by atoms with Crippen LogP contribution in [0.5, 0.6) is 0 Å². The van der Waals surface area contributed by atoms with E-state index in [1.54, 1.807) is 4.90 Å². The molecule has 1 aromatic carbocycles. The van der Waals surface area contributed by atoms with Crippen molar-refractivity contribution in [2.24, 2.45) is 0 Å². The molecule has 124 valence electrons.